The number of Topliss-reactive ketones (excluding diaryl/α,β-unsaturated/α-hetero) is 1. The van der Waals surface area contributed by atoms with E-state index in [0.717, 1.165) is 24.8 Å². The molecule has 0 spiro atoms. The molecule has 0 bridgehead atoms. The lowest BCUT2D eigenvalue weighted by Crippen LogP contribution is -2.30. The number of hydrogen-bond acceptors (Lipinski definition) is 2. The fourth-order valence-corrected chi connectivity index (χ4v) is 4.42. The molecule has 0 atom stereocenters. The van der Waals surface area contributed by atoms with Gasteiger partial charge in [-0.05, 0) is 45.1 Å². The van der Waals surface area contributed by atoms with Crippen molar-refractivity contribution in [3.05, 3.63) is 21.4 Å². The van der Waals surface area contributed by atoms with Crippen LogP contribution in [-0.2, 0) is 0 Å². The monoisotopic (exact) mass is 264 g/mol. The van der Waals surface area contributed by atoms with E-state index in [-0.39, 0.29) is 5.41 Å². The molecule has 2 rings (SSSR count). The zero-order valence-electron chi connectivity index (χ0n) is 12.0. The van der Waals surface area contributed by atoms with Crippen molar-refractivity contribution in [2.45, 2.75) is 59.8 Å². The minimum absolute atomic E-state index is 0.0492. The van der Waals surface area contributed by atoms with Crippen molar-refractivity contribution in [2.75, 3.05) is 0 Å². The molecule has 0 saturated heterocycles. The van der Waals surface area contributed by atoms with Gasteiger partial charge in [-0.1, -0.05) is 26.7 Å². The number of carbonyl (C=O) groups excluding carboxylic acids is 1. The van der Waals surface area contributed by atoms with Crippen molar-refractivity contribution >= 4 is 17.1 Å². The van der Waals surface area contributed by atoms with Gasteiger partial charge in [0.1, 0.15) is 0 Å². The molecule has 1 aliphatic carbocycles. The van der Waals surface area contributed by atoms with Gasteiger partial charge < -0.3 is 0 Å². The molecule has 1 aromatic heterocycles. The fraction of sp³-hybridized carbons (Fsp3) is 0.688. The molecule has 100 valence electrons. The van der Waals surface area contributed by atoms with Gasteiger partial charge in [0.25, 0.3) is 0 Å². The number of ketones is 1. The molecule has 1 aromatic rings. The van der Waals surface area contributed by atoms with Crippen LogP contribution in [0.25, 0.3) is 0 Å². The van der Waals surface area contributed by atoms with Crippen molar-refractivity contribution in [2.24, 2.45) is 11.3 Å². The van der Waals surface area contributed by atoms with Crippen LogP contribution in [0.1, 0.15) is 66.1 Å². The van der Waals surface area contributed by atoms with Crippen LogP contribution in [0, 0.1) is 25.2 Å². The Kier molecular flexibility index (Phi) is 3.96. The highest BCUT2D eigenvalue weighted by molar-refractivity contribution is 7.12. The Bertz CT molecular complexity index is 436. The maximum Gasteiger partial charge on any atom is 0.170 e. The molecule has 1 nitrogen and oxygen atoms in total. The van der Waals surface area contributed by atoms with Gasteiger partial charge in [0.05, 0.1) is 0 Å². The summed E-state index contributed by atoms with van der Waals surface area (Å²) in [5, 5.41) is 0. The van der Waals surface area contributed by atoms with Crippen LogP contribution >= 0.6 is 11.3 Å². The first-order valence-electron chi connectivity index (χ1n) is 7.06. The Morgan fingerprint density at radius 2 is 1.94 bits per heavy atom. The second kappa shape index (κ2) is 5.16. The van der Waals surface area contributed by atoms with Gasteiger partial charge in [-0.2, -0.15) is 0 Å². The Balaban J connectivity index is 2.31. The summed E-state index contributed by atoms with van der Waals surface area (Å²) < 4.78 is 0. The van der Waals surface area contributed by atoms with E-state index < -0.39 is 0 Å². The average molecular weight is 264 g/mol. The number of carbonyl (C=O) groups is 1. The van der Waals surface area contributed by atoms with E-state index in [1.54, 1.807) is 11.3 Å². The summed E-state index contributed by atoms with van der Waals surface area (Å²) in [5.41, 5.74) is 0.951. The van der Waals surface area contributed by atoms with Crippen molar-refractivity contribution in [1.82, 2.24) is 0 Å². The van der Waals surface area contributed by atoms with Crippen LogP contribution in [0.4, 0.5) is 0 Å². The van der Waals surface area contributed by atoms with E-state index in [4.69, 9.17) is 0 Å². The van der Waals surface area contributed by atoms with E-state index in [2.05, 4.69) is 33.8 Å². The maximum atomic E-state index is 12.9. The molecule has 18 heavy (non-hydrogen) atoms. The maximum absolute atomic E-state index is 12.9. The first kappa shape index (κ1) is 13.8. The number of hydrogen-bond donors (Lipinski definition) is 0. The Hall–Kier alpha value is -0.630. The minimum Gasteiger partial charge on any atom is -0.294 e. The van der Waals surface area contributed by atoms with Crippen LogP contribution in [0.2, 0.25) is 0 Å². The van der Waals surface area contributed by atoms with Crippen molar-refractivity contribution in [3.63, 3.8) is 0 Å². The first-order chi connectivity index (χ1) is 8.44. The van der Waals surface area contributed by atoms with Gasteiger partial charge in [-0.25, -0.2) is 0 Å². The summed E-state index contributed by atoms with van der Waals surface area (Å²) in [7, 11) is 0. The van der Waals surface area contributed by atoms with Crippen molar-refractivity contribution in [3.8, 4) is 0 Å². The second-order valence-electron chi connectivity index (χ2n) is 6.24. The van der Waals surface area contributed by atoms with Gasteiger partial charge in [0.15, 0.2) is 5.78 Å². The Morgan fingerprint density at radius 1 is 1.33 bits per heavy atom. The van der Waals surface area contributed by atoms with Gasteiger partial charge in [-0.15, -0.1) is 11.3 Å². The third kappa shape index (κ3) is 2.54. The van der Waals surface area contributed by atoms with Crippen LogP contribution in [0.5, 0.6) is 0 Å². The fourth-order valence-electron chi connectivity index (χ4n) is 3.50. The topological polar surface area (TPSA) is 17.1 Å². The molecule has 0 unspecified atom stereocenters. The number of thiophene rings is 1. The predicted octanol–water partition coefficient (Wildman–Crippen LogP) is 5.15. The largest absolute Gasteiger partial charge is 0.294 e. The predicted molar refractivity (Wildman–Crippen MR) is 78.5 cm³/mol. The molecule has 1 saturated carbocycles. The third-order valence-corrected chi connectivity index (χ3v) is 5.09. The van der Waals surface area contributed by atoms with Crippen molar-refractivity contribution < 1.29 is 4.79 Å². The van der Waals surface area contributed by atoms with Crippen LogP contribution in [0.15, 0.2) is 6.07 Å². The lowest BCUT2D eigenvalue weighted by Gasteiger charge is -2.29. The van der Waals surface area contributed by atoms with E-state index >= 15 is 0 Å². The summed E-state index contributed by atoms with van der Waals surface area (Å²) in [5.74, 6) is 1.03. The third-order valence-electron chi connectivity index (χ3n) is 4.13. The van der Waals surface area contributed by atoms with Gasteiger partial charge >= 0.3 is 0 Å². The summed E-state index contributed by atoms with van der Waals surface area (Å²) in [4.78, 5) is 15.4. The number of aryl methyl sites for hydroxylation is 2. The smallest absolute Gasteiger partial charge is 0.170 e. The highest BCUT2D eigenvalue weighted by atomic mass is 32.1. The zero-order chi connectivity index (χ0) is 13.3. The lowest BCUT2D eigenvalue weighted by molar-refractivity contribution is 0.0760. The molecule has 0 aromatic carbocycles. The van der Waals surface area contributed by atoms with E-state index in [1.165, 1.54) is 22.6 Å². The van der Waals surface area contributed by atoms with E-state index in [1.807, 2.05) is 0 Å². The molecule has 0 amide bonds. The molecule has 0 N–H and O–H groups in total. The molecular weight excluding hydrogens is 240 g/mol. The summed E-state index contributed by atoms with van der Waals surface area (Å²) >= 11 is 1.75. The van der Waals surface area contributed by atoms with Crippen molar-refractivity contribution in [1.29, 1.82) is 0 Å². The molecule has 2 heteroatoms. The molecule has 0 radical (unpaired) electrons. The van der Waals surface area contributed by atoms with Gasteiger partial charge in [0.2, 0.25) is 0 Å². The highest BCUT2D eigenvalue weighted by Crippen LogP contribution is 2.46. The van der Waals surface area contributed by atoms with Crippen LogP contribution in [0.3, 0.4) is 0 Å². The SMILES string of the molecule is Cc1cc(C(=O)C2(CC(C)C)CCCC2)c(C)s1. The van der Waals surface area contributed by atoms with Crippen LogP contribution in [-0.4, -0.2) is 5.78 Å². The van der Waals surface area contributed by atoms with Gasteiger partial charge in [0, 0.05) is 20.7 Å². The Morgan fingerprint density at radius 3 is 2.39 bits per heavy atom. The zero-order valence-corrected chi connectivity index (χ0v) is 12.8. The summed E-state index contributed by atoms with van der Waals surface area (Å²) in [6.45, 7) is 8.65. The molecule has 1 fully saturated rings. The quantitative estimate of drug-likeness (QED) is 0.687. The number of rotatable bonds is 4. The van der Waals surface area contributed by atoms with Crippen LogP contribution < -0.4 is 0 Å². The van der Waals surface area contributed by atoms with Gasteiger partial charge in [-0.3, -0.25) is 4.79 Å². The lowest BCUT2D eigenvalue weighted by atomic mass is 9.73. The summed E-state index contributed by atoms with van der Waals surface area (Å²) in [6, 6.07) is 2.10. The molecular formula is C16H24OS. The second-order valence-corrected chi connectivity index (χ2v) is 7.70. The Labute approximate surface area is 115 Å². The van der Waals surface area contributed by atoms with E-state index in [0.29, 0.717) is 11.7 Å². The molecule has 1 heterocycles. The standard InChI is InChI=1S/C16H24OS/c1-11(2)10-16(7-5-6-8-16)15(17)14-9-12(3)18-13(14)4/h9,11H,5-8,10H2,1-4H3. The molecule has 1 aliphatic rings. The van der Waals surface area contributed by atoms with E-state index in [9.17, 15) is 4.79 Å². The highest BCUT2D eigenvalue weighted by Gasteiger charge is 2.42. The minimum atomic E-state index is -0.0492. The normalized spacial score (nSPS) is 18.5. The average Bonchev–Trinajstić information content (AvgIpc) is 2.84. The summed E-state index contributed by atoms with van der Waals surface area (Å²) in [6.07, 6.45) is 5.69. The molecule has 0 aliphatic heterocycles. The first-order valence-corrected chi connectivity index (χ1v) is 7.88.